The fraction of sp³-hybridized carbons (Fsp3) is 0.368. The van der Waals surface area contributed by atoms with Crippen LogP contribution in [0.4, 0.5) is 0 Å². The van der Waals surface area contributed by atoms with Gasteiger partial charge in [0.25, 0.3) is 0 Å². The van der Waals surface area contributed by atoms with Gasteiger partial charge in [0, 0.05) is 5.30 Å². The summed E-state index contributed by atoms with van der Waals surface area (Å²) < 4.78 is 0. The van der Waals surface area contributed by atoms with E-state index in [0.29, 0.717) is 14.3 Å². The average molecular weight is 433 g/mol. The zero-order valence-corrected chi connectivity index (χ0v) is 19.4. The van der Waals surface area contributed by atoms with Gasteiger partial charge in [0.2, 0.25) is 0 Å². The van der Waals surface area contributed by atoms with Crippen LogP contribution in [0.3, 0.4) is 0 Å². The second-order valence-electron chi connectivity index (χ2n) is 5.89. The molecule has 0 aliphatic heterocycles. The summed E-state index contributed by atoms with van der Waals surface area (Å²) in [7, 11) is 10.2. The zero-order chi connectivity index (χ0) is 19.0. The molecule has 25 heavy (non-hydrogen) atoms. The Morgan fingerprint density at radius 3 is 2.40 bits per heavy atom. The van der Waals surface area contributed by atoms with Gasteiger partial charge in [0.15, 0.2) is 0 Å². The zero-order valence-electron chi connectivity index (χ0n) is 15.3. The van der Waals surface area contributed by atoms with Gasteiger partial charge < -0.3 is 10.4 Å². The molecule has 2 aromatic carbocycles. The molecule has 0 saturated carbocycles. The molecule has 2 rings (SSSR count). The Labute approximate surface area is 170 Å². The van der Waals surface area contributed by atoms with Crippen molar-refractivity contribution in [2.45, 2.75) is 40.7 Å². The van der Waals surface area contributed by atoms with E-state index in [1.165, 1.54) is 22.0 Å². The van der Waals surface area contributed by atoms with Gasteiger partial charge >= 0.3 is 35.6 Å². The van der Waals surface area contributed by atoms with Crippen molar-refractivity contribution in [1.29, 1.82) is 0 Å². The second-order valence-corrected chi connectivity index (χ2v) is 9.76. The van der Waals surface area contributed by atoms with Crippen LogP contribution in [0.2, 0.25) is 0 Å². The first-order valence-electron chi connectivity index (χ1n) is 8.15. The van der Waals surface area contributed by atoms with E-state index >= 15 is 0 Å². The molecule has 2 nitrogen and oxygen atoms in total. The molecule has 0 heterocycles. The Hall–Kier alpha value is -0.0757. The van der Waals surface area contributed by atoms with E-state index in [0.717, 1.165) is 17.4 Å². The van der Waals surface area contributed by atoms with Crippen LogP contribution < -0.4 is 10.6 Å². The molecule has 0 aliphatic carbocycles. The van der Waals surface area contributed by atoms with Crippen LogP contribution in [0, 0.1) is 20.8 Å². The number of nitrogens with zero attached hydrogens (tertiary/aromatic N) is 1. The van der Waals surface area contributed by atoms with Gasteiger partial charge in [-0.05, 0) is 48.8 Å². The van der Waals surface area contributed by atoms with Crippen molar-refractivity contribution in [2.24, 2.45) is 0 Å². The molecule has 0 bridgehead atoms. The van der Waals surface area contributed by atoms with E-state index < -0.39 is 17.0 Å². The minimum atomic E-state index is -0.556. The maximum atomic E-state index is 10.4. The third-order valence-corrected chi connectivity index (χ3v) is 5.50. The van der Waals surface area contributed by atoms with E-state index in [4.69, 9.17) is 18.6 Å². The molecule has 0 radical (unpaired) electrons. The maximum absolute atomic E-state index is 10.4. The summed E-state index contributed by atoms with van der Waals surface area (Å²) in [5, 5.41) is 17.4. The Morgan fingerprint density at radius 2 is 1.80 bits per heavy atom. The molecule has 1 N–H and O–H groups in total. The van der Waals surface area contributed by atoms with Crippen LogP contribution in [0.15, 0.2) is 30.3 Å². The van der Waals surface area contributed by atoms with Crippen LogP contribution >= 0.6 is 27.2 Å². The summed E-state index contributed by atoms with van der Waals surface area (Å²) in [6.45, 7) is 11.2. The summed E-state index contributed by atoms with van der Waals surface area (Å²) in [6, 6.07) is 10.7. The quantitative estimate of drug-likeness (QED) is 0.471. The van der Waals surface area contributed by atoms with E-state index in [-0.39, 0.29) is 6.04 Å². The van der Waals surface area contributed by atoms with E-state index in [2.05, 4.69) is 57.3 Å². The molecule has 2 atom stereocenters. The van der Waals surface area contributed by atoms with Gasteiger partial charge in [-0.1, -0.05) is 52.3 Å². The fourth-order valence-electron chi connectivity index (χ4n) is 2.77. The number of hydrogen-bond donors (Lipinski definition) is 1. The fourth-order valence-corrected chi connectivity index (χ4v) is 4.37. The van der Waals surface area contributed by atoms with Crippen LogP contribution in [-0.4, -0.2) is 11.7 Å². The first kappa shape index (κ1) is 23.0. The van der Waals surface area contributed by atoms with Gasteiger partial charge in [-0.25, -0.2) is 0 Å². The molecule has 0 amide bonds. The Kier molecular flexibility index (Phi) is 10.7. The molecular weight excluding hydrogens is 408 g/mol. The molecule has 0 spiro atoms. The number of benzene rings is 2. The number of aryl methyl sites for hydroxylation is 3. The van der Waals surface area contributed by atoms with Crippen LogP contribution in [0.25, 0.3) is 5.32 Å². The van der Waals surface area contributed by atoms with E-state index in [1.54, 1.807) is 0 Å². The predicted octanol–water partition coefficient (Wildman–Crippen LogP) is 5.78. The van der Waals surface area contributed by atoms with Crippen molar-refractivity contribution >= 4 is 37.8 Å². The number of phenols is 1. The van der Waals surface area contributed by atoms with Crippen LogP contribution in [0.1, 0.15) is 42.1 Å². The molecule has 0 aromatic heterocycles. The third-order valence-electron chi connectivity index (χ3n) is 3.92. The van der Waals surface area contributed by atoms with Crippen LogP contribution in [-0.2, 0) is 17.0 Å². The number of aromatic hydroxyl groups is 1. The summed E-state index contributed by atoms with van der Waals surface area (Å²) in [5.74, 6) is 0.429. The van der Waals surface area contributed by atoms with Crippen molar-refractivity contribution in [2.75, 3.05) is 6.54 Å². The summed E-state index contributed by atoms with van der Waals surface area (Å²) in [6.07, 6.45) is 0. The Morgan fingerprint density at radius 1 is 1.16 bits per heavy atom. The number of hydrogen-bond acceptors (Lipinski definition) is 1. The van der Waals surface area contributed by atoms with Crippen molar-refractivity contribution in [3.8, 4) is 5.75 Å². The van der Waals surface area contributed by atoms with Gasteiger partial charge in [0.1, 0.15) is 5.75 Å². The molecule has 136 valence electrons. The Bertz CT molecular complexity index is 697. The molecule has 2 unspecified atom stereocenters. The van der Waals surface area contributed by atoms with Crippen molar-refractivity contribution in [3.05, 3.63) is 57.9 Å². The van der Waals surface area contributed by atoms with Crippen molar-refractivity contribution < 1.29 is 22.1 Å². The van der Waals surface area contributed by atoms with Gasteiger partial charge in [-0.3, -0.25) is 0 Å². The predicted molar refractivity (Wildman–Crippen MR) is 110 cm³/mol. The number of phenolic OH excluding ortho intramolecular Hbond substituents is 1. The first-order valence-corrected chi connectivity index (χ1v) is 13.4. The standard InChI is InChI=1S/C19H25NOP.2ClH.Ti/c1-6-20-15(5)16-9-7-8-13(3)19(16)22-17-11-12(2)10-14(4)18(17)21;;;/h7-11,15,21-22H,6H2,1-5H3;2*1H;/q-1;;;+2/p-2. The minimum absolute atomic E-state index is 0.195. The molecule has 0 aliphatic rings. The normalized spacial score (nSPS) is 12.0. The summed E-state index contributed by atoms with van der Waals surface area (Å²) >= 11 is -0.556. The Balaban J connectivity index is 0.000000970. The SMILES string of the molecule is CC[N-]C(C)c1cccc(C)c1Pc1cc(C)cc(C)c1O.[Cl][Ti][Cl]. The van der Waals surface area contributed by atoms with Crippen molar-refractivity contribution in [3.63, 3.8) is 0 Å². The monoisotopic (exact) mass is 432 g/mol. The van der Waals surface area contributed by atoms with Gasteiger partial charge in [-0.2, -0.15) is 6.54 Å². The number of rotatable bonds is 5. The summed E-state index contributed by atoms with van der Waals surface area (Å²) in [4.78, 5) is 0. The van der Waals surface area contributed by atoms with E-state index in [1.807, 2.05) is 13.0 Å². The summed E-state index contributed by atoms with van der Waals surface area (Å²) in [5.41, 5.74) is 4.69. The molecule has 6 heteroatoms. The first-order chi connectivity index (χ1) is 11.8. The second kappa shape index (κ2) is 11.6. The van der Waals surface area contributed by atoms with E-state index in [9.17, 15) is 5.11 Å². The molecule has 0 fully saturated rings. The van der Waals surface area contributed by atoms with Crippen LogP contribution in [0.5, 0.6) is 5.75 Å². The molecular formula is C19H25Cl2NOPTi-. The van der Waals surface area contributed by atoms with Gasteiger partial charge in [-0.15, -0.1) is 6.04 Å². The topological polar surface area (TPSA) is 34.3 Å². The molecule has 2 aromatic rings. The number of halogens is 2. The van der Waals surface area contributed by atoms with Crippen molar-refractivity contribution in [1.82, 2.24) is 0 Å². The average Bonchev–Trinajstić information content (AvgIpc) is 2.54. The third kappa shape index (κ3) is 6.87. The van der Waals surface area contributed by atoms with Gasteiger partial charge in [0.05, 0.1) is 0 Å². The molecule has 0 saturated heterocycles.